The summed E-state index contributed by atoms with van der Waals surface area (Å²) in [6.07, 6.45) is 6.00. The van der Waals surface area contributed by atoms with Crippen LogP contribution in [0.25, 0.3) is 0 Å². The zero-order chi connectivity index (χ0) is 9.23. The van der Waals surface area contributed by atoms with Gasteiger partial charge in [-0.25, -0.2) is 0 Å². The van der Waals surface area contributed by atoms with E-state index in [1.54, 1.807) is 0 Å². The SMILES string of the molecule is [CH2]CCCCCCC(=O)OCC. The maximum Gasteiger partial charge on any atom is 0.305 e. The summed E-state index contributed by atoms with van der Waals surface area (Å²) in [4.78, 5) is 10.8. The molecule has 0 rings (SSSR count). The molecular formula is C10H19O2. The Morgan fingerprint density at radius 3 is 2.50 bits per heavy atom. The van der Waals surface area contributed by atoms with Crippen molar-refractivity contribution in [1.82, 2.24) is 0 Å². The molecule has 71 valence electrons. The van der Waals surface area contributed by atoms with E-state index >= 15 is 0 Å². The van der Waals surface area contributed by atoms with Crippen LogP contribution in [0, 0.1) is 6.92 Å². The first-order valence-electron chi connectivity index (χ1n) is 4.76. The summed E-state index contributed by atoms with van der Waals surface area (Å²) >= 11 is 0. The van der Waals surface area contributed by atoms with Gasteiger partial charge in [-0.3, -0.25) is 4.79 Å². The highest BCUT2D eigenvalue weighted by atomic mass is 16.5. The molecule has 0 heterocycles. The fourth-order valence-electron chi connectivity index (χ4n) is 1.03. The van der Waals surface area contributed by atoms with Crippen LogP contribution >= 0.6 is 0 Å². The predicted molar refractivity (Wildman–Crippen MR) is 49.7 cm³/mol. The third kappa shape index (κ3) is 7.58. The fourth-order valence-corrected chi connectivity index (χ4v) is 1.03. The van der Waals surface area contributed by atoms with Crippen molar-refractivity contribution in [2.24, 2.45) is 0 Å². The van der Waals surface area contributed by atoms with Crippen LogP contribution in [0.1, 0.15) is 45.4 Å². The summed E-state index contributed by atoms with van der Waals surface area (Å²) in [7, 11) is 0. The maximum absolute atomic E-state index is 10.8. The highest BCUT2D eigenvalue weighted by Gasteiger charge is 1.99. The Balaban J connectivity index is 3.03. The number of hydrogen-bond acceptors (Lipinski definition) is 2. The molecule has 0 spiro atoms. The molecule has 0 amide bonds. The summed E-state index contributed by atoms with van der Waals surface area (Å²) in [5.41, 5.74) is 0. The van der Waals surface area contributed by atoms with Crippen LogP contribution in [0.4, 0.5) is 0 Å². The molecular weight excluding hydrogens is 152 g/mol. The lowest BCUT2D eigenvalue weighted by Gasteiger charge is -2.00. The van der Waals surface area contributed by atoms with Gasteiger partial charge in [-0.1, -0.05) is 32.6 Å². The lowest BCUT2D eigenvalue weighted by atomic mass is 10.1. The molecule has 0 unspecified atom stereocenters. The monoisotopic (exact) mass is 171 g/mol. The maximum atomic E-state index is 10.8. The van der Waals surface area contributed by atoms with Crippen LogP contribution in [0.3, 0.4) is 0 Å². The largest absolute Gasteiger partial charge is 0.466 e. The summed E-state index contributed by atoms with van der Waals surface area (Å²) in [6, 6.07) is 0. The van der Waals surface area contributed by atoms with Crippen LogP contribution < -0.4 is 0 Å². The Labute approximate surface area is 75.3 Å². The van der Waals surface area contributed by atoms with Gasteiger partial charge in [0.15, 0.2) is 0 Å². The van der Waals surface area contributed by atoms with E-state index in [2.05, 4.69) is 6.92 Å². The van der Waals surface area contributed by atoms with E-state index in [9.17, 15) is 4.79 Å². The van der Waals surface area contributed by atoms with E-state index in [0.717, 1.165) is 19.3 Å². The second kappa shape index (κ2) is 8.57. The third-order valence-electron chi connectivity index (χ3n) is 1.69. The summed E-state index contributed by atoms with van der Waals surface area (Å²) < 4.78 is 4.80. The van der Waals surface area contributed by atoms with Gasteiger partial charge < -0.3 is 4.74 Å². The molecule has 0 aromatic heterocycles. The first-order valence-corrected chi connectivity index (χ1v) is 4.76. The Kier molecular flexibility index (Phi) is 8.19. The lowest BCUT2D eigenvalue weighted by Crippen LogP contribution is -2.02. The molecule has 0 aliphatic carbocycles. The quantitative estimate of drug-likeness (QED) is 0.435. The number of hydrogen-bond donors (Lipinski definition) is 0. The molecule has 0 saturated heterocycles. The van der Waals surface area contributed by atoms with Crippen LogP contribution in [0.15, 0.2) is 0 Å². The normalized spacial score (nSPS) is 9.83. The minimum atomic E-state index is -0.0628. The number of carbonyl (C=O) groups is 1. The van der Waals surface area contributed by atoms with Crippen molar-refractivity contribution >= 4 is 5.97 Å². The highest BCUT2D eigenvalue weighted by Crippen LogP contribution is 2.05. The van der Waals surface area contributed by atoms with Crippen LogP contribution in [-0.2, 0) is 9.53 Å². The van der Waals surface area contributed by atoms with E-state index < -0.39 is 0 Å². The molecule has 0 saturated carbocycles. The van der Waals surface area contributed by atoms with Crippen LogP contribution in [0.2, 0.25) is 0 Å². The molecule has 0 aromatic carbocycles. The van der Waals surface area contributed by atoms with E-state index in [-0.39, 0.29) is 5.97 Å². The Morgan fingerprint density at radius 1 is 1.25 bits per heavy atom. The minimum absolute atomic E-state index is 0.0628. The standard InChI is InChI=1S/C10H19O2/c1-3-5-6-7-8-9-10(11)12-4-2/h1,3-9H2,2H3. The van der Waals surface area contributed by atoms with Gasteiger partial charge in [-0.2, -0.15) is 0 Å². The van der Waals surface area contributed by atoms with Crippen LogP contribution in [-0.4, -0.2) is 12.6 Å². The van der Waals surface area contributed by atoms with Crippen molar-refractivity contribution in [3.8, 4) is 0 Å². The van der Waals surface area contributed by atoms with Gasteiger partial charge in [-0.15, -0.1) is 0 Å². The number of unbranched alkanes of at least 4 members (excludes halogenated alkanes) is 4. The highest BCUT2D eigenvalue weighted by molar-refractivity contribution is 5.69. The topological polar surface area (TPSA) is 26.3 Å². The van der Waals surface area contributed by atoms with E-state index in [4.69, 9.17) is 4.74 Å². The van der Waals surface area contributed by atoms with Gasteiger partial charge in [0.05, 0.1) is 6.61 Å². The van der Waals surface area contributed by atoms with E-state index in [1.807, 2.05) is 6.92 Å². The summed E-state index contributed by atoms with van der Waals surface area (Å²) in [5, 5.41) is 0. The van der Waals surface area contributed by atoms with Gasteiger partial charge in [0.1, 0.15) is 0 Å². The molecule has 0 fully saturated rings. The minimum Gasteiger partial charge on any atom is -0.466 e. The zero-order valence-electron chi connectivity index (χ0n) is 7.97. The first kappa shape index (κ1) is 11.5. The van der Waals surface area contributed by atoms with E-state index in [0.29, 0.717) is 13.0 Å². The van der Waals surface area contributed by atoms with Crippen molar-refractivity contribution in [2.75, 3.05) is 6.61 Å². The molecule has 2 heteroatoms. The van der Waals surface area contributed by atoms with Crippen molar-refractivity contribution in [3.63, 3.8) is 0 Å². The predicted octanol–water partition coefficient (Wildman–Crippen LogP) is 2.72. The Morgan fingerprint density at radius 2 is 1.92 bits per heavy atom. The number of esters is 1. The Hall–Kier alpha value is -0.530. The molecule has 0 aromatic rings. The van der Waals surface area contributed by atoms with E-state index in [1.165, 1.54) is 12.8 Å². The second-order valence-electron chi connectivity index (χ2n) is 2.82. The molecule has 0 bridgehead atoms. The average molecular weight is 171 g/mol. The first-order chi connectivity index (χ1) is 5.81. The average Bonchev–Trinajstić information content (AvgIpc) is 2.05. The molecule has 0 atom stereocenters. The number of ether oxygens (including phenoxy) is 1. The third-order valence-corrected chi connectivity index (χ3v) is 1.69. The number of rotatable bonds is 7. The van der Waals surface area contributed by atoms with Gasteiger partial charge in [-0.05, 0) is 13.3 Å². The summed E-state index contributed by atoms with van der Waals surface area (Å²) in [6.45, 7) is 6.09. The molecule has 0 N–H and O–H groups in total. The van der Waals surface area contributed by atoms with Gasteiger partial charge in [0.2, 0.25) is 0 Å². The van der Waals surface area contributed by atoms with Crippen LogP contribution in [0.5, 0.6) is 0 Å². The second-order valence-corrected chi connectivity index (χ2v) is 2.82. The van der Waals surface area contributed by atoms with Crippen molar-refractivity contribution in [2.45, 2.75) is 45.4 Å². The summed E-state index contributed by atoms with van der Waals surface area (Å²) in [5.74, 6) is -0.0628. The number of carbonyl (C=O) groups excluding carboxylic acids is 1. The molecule has 12 heavy (non-hydrogen) atoms. The van der Waals surface area contributed by atoms with Crippen molar-refractivity contribution in [1.29, 1.82) is 0 Å². The van der Waals surface area contributed by atoms with Crippen molar-refractivity contribution in [3.05, 3.63) is 6.92 Å². The molecule has 0 aliphatic heterocycles. The molecule has 2 nitrogen and oxygen atoms in total. The van der Waals surface area contributed by atoms with Gasteiger partial charge in [0.25, 0.3) is 0 Å². The van der Waals surface area contributed by atoms with Crippen molar-refractivity contribution < 1.29 is 9.53 Å². The van der Waals surface area contributed by atoms with Gasteiger partial charge in [0, 0.05) is 6.42 Å². The smallest absolute Gasteiger partial charge is 0.305 e. The molecule has 1 radical (unpaired) electrons. The lowest BCUT2D eigenvalue weighted by molar-refractivity contribution is -0.143. The molecule has 0 aliphatic rings. The Bertz CT molecular complexity index is 110. The fraction of sp³-hybridized carbons (Fsp3) is 0.800. The van der Waals surface area contributed by atoms with Gasteiger partial charge >= 0.3 is 5.97 Å². The zero-order valence-corrected chi connectivity index (χ0v) is 7.97.